The summed E-state index contributed by atoms with van der Waals surface area (Å²) in [5.41, 5.74) is 17.4. The summed E-state index contributed by atoms with van der Waals surface area (Å²) >= 11 is 0. The van der Waals surface area contributed by atoms with Crippen molar-refractivity contribution in [3.63, 3.8) is 0 Å². The molecule has 0 bridgehead atoms. The van der Waals surface area contributed by atoms with E-state index in [1.54, 1.807) is 24.3 Å². The van der Waals surface area contributed by atoms with Crippen LogP contribution in [0.25, 0.3) is 0 Å². The number of phenolic OH excluding ortho intramolecular Hbond substituents is 1. The lowest BCUT2D eigenvalue weighted by Gasteiger charge is -2.14. The minimum atomic E-state index is -1.18. The SMILES string of the molecule is NC(N)=NCCCC(NC(=O)NCc1nc(C(N)Cc2ccc(O)cc2)no1)C(=O)O. The molecule has 13 nitrogen and oxygen atoms in total. The fraction of sp³-hybridized carbons (Fsp3) is 0.389. The average molecular weight is 434 g/mol. The van der Waals surface area contributed by atoms with Crippen molar-refractivity contribution < 1.29 is 24.3 Å². The van der Waals surface area contributed by atoms with Gasteiger partial charge in [0.05, 0.1) is 12.6 Å². The van der Waals surface area contributed by atoms with Crippen LogP contribution in [0.15, 0.2) is 33.8 Å². The Morgan fingerprint density at radius 2 is 1.94 bits per heavy atom. The van der Waals surface area contributed by atoms with Crippen molar-refractivity contribution in [2.24, 2.45) is 22.2 Å². The highest BCUT2D eigenvalue weighted by atomic mass is 16.5. The molecule has 1 aromatic carbocycles. The van der Waals surface area contributed by atoms with Gasteiger partial charge in [-0.3, -0.25) is 4.99 Å². The molecule has 10 N–H and O–H groups in total. The van der Waals surface area contributed by atoms with Crippen LogP contribution in [0.5, 0.6) is 5.75 Å². The minimum absolute atomic E-state index is 0.0840. The van der Waals surface area contributed by atoms with Crippen LogP contribution in [0.4, 0.5) is 4.79 Å². The highest BCUT2D eigenvalue weighted by Gasteiger charge is 2.20. The lowest BCUT2D eigenvalue weighted by atomic mass is 10.1. The van der Waals surface area contributed by atoms with Gasteiger partial charge in [0, 0.05) is 6.54 Å². The van der Waals surface area contributed by atoms with Crippen molar-refractivity contribution in [1.29, 1.82) is 0 Å². The first-order valence-corrected chi connectivity index (χ1v) is 9.43. The molecule has 31 heavy (non-hydrogen) atoms. The zero-order chi connectivity index (χ0) is 22.8. The molecule has 0 aliphatic carbocycles. The highest BCUT2D eigenvalue weighted by Crippen LogP contribution is 2.16. The number of benzene rings is 1. The predicted octanol–water partition coefficient (Wildman–Crippen LogP) is -0.676. The van der Waals surface area contributed by atoms with E-state index in [2.05, 4.69) is 25.8 Å². The Labute approximate surface area is 177 Å². The number of aromatic nitrogens is 2. The van der Waals surface area contributed by atoms with Gasteiger partial charge in [-0.25, -0.2) is 9.59 Å². The van der Waals surface area contributed by atoms with Crippen molar-refractivity contribution in [3.05, 3.63) is 41.5 Å². The van der Waals surface area contributed by atoms with Crippen molar-refractivity contribution in [2.75, 3.05) is 6.54 Å². The fourth-order valence-electron chi connectivity index (χ4n) is 2.59. The number of carboxylic acid groups (broad SMARTS) is 1. The van der Waals surface area contributed by atoms with Crippen LogP contribution < -0.4 is 27.8 Å². The largest absolute Gasteiger partial charge is 0.508 e. The normalized spacial score (nSPS) is 12.5. The van der Waals surface area contributed by atoms with Gasteiger partial charge in [-0.1, -0.05) is 17.3 Å². The molecule has 2 unspecified atom stereocenters. The Bertz CT molecular complexity index is 895. The molecule has 0 aliphatic rings. The van der Waals surface area contributed by atoms with Crippen LogP contribution in [0.2, 0.25) is 0 Å². The number of nitrogens with one attached hydrogen (secondary N) is 2. The summed E-state index contributed by atoms with van der Waals surface area (Å²) in [7, 11) is 0. The summed E-state index contributed by atoms with van der Waals surface area (Å²) in [4.78, 5) is 31.2. The predicted molar refractivity (Wildman–Crippen MR) is 110 cm³/mol. The molecule has 0 radical (unpaired) electrons. The quantitative estimate of drug-likeness (QED) is 0.134. The zero-order valence-corrected chi connectivity index (χ0v) is 16.7. The van der Waals surface area contributed by atoms with Crippen molar-refractivity contribution in [3.8, 4) is 5.75 Å². The number of guanidine groups is 1. The third-order valence-corrected chi connectivity index (χ3v) is 4.16. The maximum absolute atomic E-state index is 12.0. The standard InChI is InChI=1S/C18H26N8O5/c19-12(8-10-3-5-11(27)6-4-10)15-25-14(31-26-15)9-23-18(30)24-13(16(28)29)2-1-7-22-17(20)21/h3-6,12-13,27H,1-2,7-9,19H2,(H,28,29)(H4,20,21,22)(H2,23,24,30). The number of hydrogen-bond acceptors (Lipinski definition) is 8. The second-order valence-electron chi connectivity index (χ2n) is 6.69. The van der Waals surface area contributed by atoms with Crippen LogP contribution >= 0.6 is 0 Å². The molecule has 1 heterocycles. The molecule has 0 saturated carbocycles. The molecular formula is C18H26N8O5. The molecule has 0 fully saturated rings. The number of amides is 2. The van der Waals surface area contributed by atoms with Crippen molar-refractivity contribution >= 4 is 18.0 Å². The Kier molecular flexibility index (Phi) is 8.57. The van der Waals surface area contributed by atoms with Crippen molar-refractivity contribution in [1.82, 2.24) is 20.8 Å². The first-order valence-electron chi connectivity index (χ1n) is 9.43. The van der Waals surface area contributed by atoms with Gasteiger partial charge >= 0.3 is 12.0 Å². The third-order valence-electron chi connectivity index (χ3n) is 4.16. The highest BCUT2D eigenvalue weighted by molar-refractivity contribution is 5.82. The molecule has 2 aromatic rings. The number of nitrogens with two attached hydrogens (primary N) is 3. The van der Waals surface area contributed by atoms with Gasteiger partial charge in [0.15, 0.2) is 11.8 Å². The minimum Gasteiger partial charge on any atom is -0.508 e. The number of aliphatic carboxylic acids is 1. The molecule has 13 heteroatoms. The molecule has 1 aromatic heterocycles. The Morgan fingerprint density at radius 1 is 1.23 bits per heavy atom. The summed E-state index contributed by atoms with van der Waals surface area (Å²) in [5.74, 6) is -0.735. The van der Waals surface area contributed by atoms with E-state index in [1.807, 2.05) is 0 Å². The first kappa shape index (κ1) is 23.4. The van der Waals surface area contributed by atoms with Crippen LogP contribution in [-0.2, 0) is 17.8 Å². The number of carbonyl (C=O) groups is 2. The molecular weight excluding hydrogens is 408 g/mol. The summed E-state index contributed by atoms with van der Waals surface area (Å²) in [5, 5.41) is 27.1. The van der Waals surface area contributed by atoms with E-state index in [-0.39, 0.29) is 42.9 Å². The molecule has 0 aliphatic heterocycles. The van der Waals surface area contributed by atoms with Crippen LogP contribution in [-0.4, -0.2) is 50.9 Å². The average Bonchev–Trinajstić information content (AvgIpc) is 3.19. The number of urea groups is 1. The Balaban J connectivity index is 1.80. The van der Waals surface area contributed by atoms with Gasteiger partial charge in [0.25, 0.3) is 0 Å². The number of hydrogen-bond donors (Lipinski definition) is 7. The lowest BCUT2D eigenvalue weighted by molar-refractivity contribution is -0.139. The number of phenols is 1. The molecule has 0 spiro atoms. The topological polar surface area (TPSA) is 228 Å². The van der Waals surface area contributed by atoms with E-state index < -0.39 is 24.1 Å². The summed E-state index contributed by atoms with van der Waals surface area (Å²) in [6, 6.07) is 4.22. The van der Waals surface area contributed by atoms with E-state index in [9.17, 15) is 19.8 Å². The third kappa shape index (κ3) is 8.18. The van der Waals surface area contributed by atoms with Gasteiger partial charge in [-0.05, 0) is 37.0 Å². The van der Waals surface area contributed by atoms with Crippen molar-refractivity contribution in [2.45, 2.75) is 37.9 Å². The van der Waals surface area contributed by atoms with Gasteiger partial charge in [0.2, 0.25) is 5.89 Å². The number of rotatable bonds is 11. The fourth-order valence-corrected chi connectivity index (χ4v) is 2.59. The van der Waals surface area contributed by atoms with Gasteiger partial charge < -0.3 is 42.6 Å². The number of carboxylic acids is 1. The second-order valence-corrected chi connectivity index (χ2v) is 6.69. The van der Waals surface area contributed by atoms with Crippen LogP contribution in [0.1, 0.15) is 36.2 Å². The van der Waals surface area contributed by atoms with E-state index in [0.29, 0.717) is 12.8 Å². The first-order chi connectivity index (χ1) is 14.7. The summed E-state index contributed by atoms with van der Waals surface area (Å²) in [6.07, 6.45) is 0.949. The molecule has 2 atom stereocenters. The maximum Gasteiger partial charge on any atom is 0.326 e. The molecule has 0 saturated heterocycles. The van der Waals surface area contributed by atoms with Crippen LogP contribution in [0, 0.1) is 0 Å². The maximum atomic E-state index is 12.0. The van der Waals surface area contributed by atoms with E-state index in [1.165, 1.54) is 0 Å². The lowest BCUT2D eigenvalue weighted by Crippen LogP contribution is -2.45. The number of aromatic hydroxyl groups is 1. The van der Waals surface area contributed by atoms with E-state index >= 15 is 0 Å². The molecule has 168 valence electrons. The number of carbonyl (C=O) groups excluding carboxylic acids is 1. The zero-order valence-electron chi connectivity index (χ0n) is 16.7. The molecule has 2 amide bonds. The molecule has 2 rings (SSSR count). The Hall–Kier alpha value is -3.87. The van der Waals surface area contributed by atoms with Crippen LogP contribution in [0.3, 0.4) is 0 Å². The van der Waals surface area contributed by atoms with Gasteiger partial charge in [-0.2, -0.15) is 4.98 Å². The Morgan fingerprint density at radius 3 is 2.58 bits per heavy atom. The second kappa shape index (κ2) is 11.3. The summed E-state index contributed by atoms with van der Waals surface area (Å²) in [6.45, 7) is 0.148. The monoisotopic (exact) mass is 434 g/mol. The van der Waals surface area contributed by atoms with Gasteiger partial charge in [0.1, 0.15) is 11.8 Å². The smallest absolute Gasteiger partial charge is 0.326 e. The van der Waals surface area contributed by atoms with E-state index in [4.69, 9.17) is 21.7 Å². The van der Waals surface area contributed by atoms with Gasteiger partial charge in [-0.15, -0.1) is 0 Å². The number of nitrogens with zero attached hydrogens (tertiary/aromatic N) is 3. The summed E-state index contributed by atoms with van der Waals surface area (Å²) < 4.78 is 5.07. The number of aliphatic imine (C=N–C) groups is 1. The van der Waals surface area contributed by atoms with E-state index in [0.717, 1.165) is 5.56 Å².